The Morgan fingerprint density at radius 2 is 2.13 bits per heavy atom. The fraction of sp³-hybridized carbons (Fsp3) is 0.417. The minimum atomic E-state index is 0.0382. The number of anilines is 2. The van der Waals surface area contributed by atoms with Crippen molar-refractivity contribution in [3.8, 4) is 0 Å². The van der Waals surface area contributed by atoms with Crippen molar-refractivity contribution in [2.24, 2.45) is 0 Å². The summed E-state index contributed by atoms with van der Waals surface area (Å²) in [5, 5.41) is 5.26. The van der Waals surface area contributed by atoms with Gasteiger partial charge in [0.15, 0.2) is 0 Å². The van der Waals surface area contributed by atoms with Crippen LogP contribution >= 0.6 is 11.6 Å². The van der Waals surface area contributed by atoms with Crippen molar-refractivity contribution in [1.82, 2.24) is 14.9 Å². The Morgan fingerprint density at radius 1 is 1.26 bits per heavy atom. The molecule has 1 unspecified atom stereocenters. The standard InChI is InChI=1S/C24H28ClN5O/c1-15-10-20(25)23(27-12-15)30-9-8-29(16(2)13-30)14-17-5-6-18-21(11-17)28-24(31)19-4-3-7-26-22(18)19/h5-6,10-12,16,26H,3-4,7-9,13-14H2,1-2H3,(H,28,31). The van der Waals surface area contributed by atoms with Crippen molar-refractivity contribution in [2.45, 2.75) is 39.3 Å². The number of fused-ring (bicyclic) bond motifs is 3. The number of halogens is 1. The van der Waals surface area contributed by atoms with Gasteiger partial charge in [-0.15, -0.1) is 0 Å². The largest absolute Gasteiger partial charge is 0.384 e. The van der Waals surface area contributed by atoms with Gasteiger partial charge in [-0.05, 0) is 49.9 Å². The Labute approximate surface area is 187 Å². The average Bonchev–Trinajstić information content (AvgIpc) is 2.75. The van der Waals surface area contributed by atoms with Gasteiger partial charge in [0.25, 0.3) is 5.56 Å². The Kier molecular flexibility index (Phi) is 5.36. The van der Waals surface area contributed by atoms with Gasteiger partial charge in [0.1, 0.15) is 5.82 Å². The predicted octanol–water partition coefficient (Wildman–Crippen LogP) is 3.95. The second kappa shape index (κ2) is 8.17. The molecule has 1 aromatic carbocycles. The topological polar surface area (TPSA) is 64.3 Å². The third-order valence-corrected chi connectivity index (χ3v) is 6.77. The molecule has 3 aromatic rings. The molecule has 0 amide bonds. The van der Waals surface area contributed by atoms with Crippen LogP contribution in [0.4, 0.5) is 11.5 Å². The number of nitrogens with zero attached hydrogens (tertiary/aromatic N) is 3. The zero-order chi connectivity index (χ0) is 21.5. The van der Waals surface area contributed by atoms with E-state index in [1.54, 1.807) is 0 Å². The minimum absolute atomic E-state index is 0.0382. The highest BCUT2D eigenvalue weighted by molar-refractivity contribution is 6.33. The number of piperazine rings is 1. The van der Waals surface area contributed by atoms with E-state index in [4.69, 9.17) is 11.6 Å². The van der Waals surface area contributed by atoms with Gasteiger partial charge in [0, 0.05) is 55.9 Å². The number of rotatable bonds is 3. The molecular formula is C24H28ClN5O. The van der Waals surface area contributed by atoms with Gasteiger partial charge >= 0.3 is 0 Å². The van der Waals surface area contributed by atoms with E-state index in [1.165, 1.54) is 5.56 Å². The lowest BCUT2D eigenvalue weighted by atomic mass is 10.0. The summed E-state index contributed by atoms with van der Waals surface area (Å²) in [4.78, 5) is 24.9. The lowest BCUT2D eigenvalue weighted by Crippen LogP contribution is -2.51. The first-order chi connectivity index (χ1) is 15.0. The van der Waals surface area contributed by atoms with Crippen LogP contribution in [0.5, 0.6) is 0 Å². The van der Waals surface area contributed by atoms with E-state index >= 15 is 0 Å². The Hall–Kier alpha value is -2.57. The van der Waals surface area contributed by atoms with Crippen LogP contribution in [0.2, 0.25) is 5.02 Å². The number of aromatic nitrogens is 2. The lowest BCUT2D eigenvalue weighted by molar-refractivity contribution is 0.180. The van der Waals surface area contributed by atoms with Crippen molar-refractivity contribution in [1.29, 1.82) is 0 Å². The zero-order valence-electron chi connectivity index (χ0n) is 18.0. The molecule has 6 nitrogen and oxygen atoms in total. The maximum atomic E-state index is 12.5. The van der Waals surface area contributed by atoms with E-state index in [-0.39, 0.29) is 5.56 Å². The highest BCUT2D eigenvalue weighted by Crippen LogP contribution is 2.29. The summed E-state index contributed by atoms with van der Waals surface area (Å²) in [6, 6.07) is 8.81. The van der Waals surface area contributed by atoms with E-state index in [0.29, 0.717) is 6.04 Å². The number of aromatic amines is 1. The van der Waals surface area contributed by atoms with Crippen molar-refractivity contribution in [3.05, 3.63) is 62.5 Å². The van der Waals surface area contributed by atoms with Crippen LogP contribution in [0.1, 0.15) is 30.0 Å². The van der Waals surface area contributed by atoms with E-state index in [2.05, 4.69) is 50.2 Å². The molecule has 7 heteroatoms. The van der Waals surface area contributed by atoms with Crippen LogP contribution in [-0.4, -0.2) is 47.1 Å². The van der Waals surface area contributed by atoms with Crippen LogP contribution in [0.3, 0.4) is 0 Å². The maximum absolute atomic E-state index is 12.5. The lowest BCUT2D eigenvalue weighted by Gasteiger charge is -2.40. The number of nitrogens with one attached hydrogen (secondary N) is 2. The number of hydrogen-bond acceptors (Lipinski definition) is 5. The third kappa shape index (κ3) is 3.90. The summed E-state index contributed by atoms with van der Waals surface area (Å²) in [5.41, 5.74) is 5.14. The average molecular weight is 438 g/mol. The first-order valence-corrected chi connectivity index (χ1v) is 11.4. The normalized spacial score (nSPS) is 19.3. The zero-order valence-corrected chi connectivity index (χ0v) is 18.8. The molecular weight excluding hydrogens is 410 g/mol. The summed E-state index contributed by atoms with van der Waals surface area (Å²) in [6.45, 7) is 8.75. The van der Waals surface area contributed by atoms with E-state index in [1.807, 2.05) is 19.2 Å². The summed E-state index contributed by atoms with van der Waals surface area (Å²) in [7, 11) is 0. The molecule has 1 atom stereocenters. The maximum Gasteiger partial charge on any atom is 0.253 e. The molecule has 0 bridgehead atoms. The molecule has 2 aliphatic rings. The van der Waals surface area contributed by atoms with Gasteiger partial charge in [-0.1, -0.05) is 23.7 Å². The predicted molar refractivity (Wildman–Crippen MR) is 127 cm³/mol. The number of hydrogen-bond donors (Lipinski definition) is 2. The summed E-state index contributed by atoms with van der Waals surface area (Å²) < 4.78 is 0. The molecule has 1 fully saturated rings. The summed E-state index contributed by atoms with van der Waals surface area (Å²) in [5.74, 6) is 0.874. The van der Waals surface area contributed by atoms with Gasteiger partial charge in [-0.2, -0.15) is 0 Å². The number of pyridine rings is 2. The molecule has 2 aromatic heterocycles. The second-order valence-electron chi connectivity index (χ2n) is 8.80. The van der Waals surface area contributed by atoms with Gasteiger partial charge in [0.2, 0.25) is 0 Å². The van der Waals surface area contributed by atoms with Gasteiger partial charge in [-0.25, -0.2) is 4.98 Å². The van der Waals surface area contributed by atoms with Crippen LogP contribution in [0.25, 0.3) is 10.9 Å². The molecule has 0 saturated carbocycles. The molecule has 0 aliphatic carbocycles. The number of benzene rings is 1. The van der Waals surface area contributed by atoms with Crippen molar-refractivity contribution in [3.63, 3.8) is 0 Å². The Morgan fingerprint density at radius 3 is 2.94 bits per heavy atom. The monoisotopic (exact) mass is 437 g/mol. The molecule has 5 rings (SSSR count). The molecule has 4 heterocycles. The van der Waals surface area contributed by atoms with E-state index in [0.717, 1.165) is 84.1 Å². The van der Waals surface area contributed by atoms with Gasteiger partial charge in [-0.3, -0.25) is 9.69 Å². The smallest absolute Gasteiger partial charge is 0.253 e. The fourth-order valence-electron chi connectivity index (χ4n) is 4.82. The fourth-order valence-corrected chi connectivity index (χ4v) is 5.16. The third-order valence-electron chi connectivity index (χ3n) is 6.49. The van der Waals surface area contributed by atoms with Crippen LogP contribution < -0.4 is 15.8 Å². The highest BCUT2D eigenvalue weighted by atomic mass is 35.5. The van der Waals surface area contributed by atoms with E-state index in [9.17, 15) is 4.79 Å². The van der Waals surface area contributed by atoms with Crippen molar-refractivity contribution in [2.75, 3.05) is 36.4 Å². The molecule has 0 radical (unpaired) electrons. The quantitative estimate of drug-likeness (QED) is 0.649. The Balaban J connectivity index is 1.34. The van der Waals surface area contributed by atoms with Crippen molar-refractivity contribution < 1.29 is 0 Å². The minimum Gasteiger partial charge on any atom is -0.384 e. The van der Waals surface area contributed by atoms with Crippen LogP contribution in [0, 0.1) is 6.92 Å². The van der Waals surface area contributed by atoms with Gasteiger partial charge < -0.3 is 15.2 Å². The van der Waals surface area contributed by atoms with Gasteiger partial charge in [0.05, 0.1) is 16.2 Å². The molecule has 1 saturated heterocycles. The second-order valence-corrected chi connectivity index (χ2v) is 9.21. The van der Waals surface area contributed by atoms with E-state index < -0.39 is 0 Å². The SMILES string of the molecule is Cc1cnc(N2CCN(Cc3ccc4c5c(c(=O)[nH]c4c3)CCCN5)C(C)C2)c(Cl)c1. The highest BCUT2D eigenvalue weighted by Gasteiger charge is 2.26. The van der Waals surface area contributed by atoms with Crippen LogP contribution in [0.15, 0.2) is 35.3 Å². The molecule has 31 heavy (non-hydrogen) atoms. The molecule has 0 spiro atoms. The van der Waals surface area contributed by atoms with Crippen molar-refractivity contribution >= 4 is 34.0 Å². The van der Waals surface area contributed by atoms with Crippen LogP contribution in [-0.2, 0) is 13.0 Å². The molecule has 162 valence electrons. The molecule has 2 N–H and O–H groups in total. The first-order valence-electron chi connectivity index (χ1n) is 11.0. The Bertz CT molecular complexity index is 1190. The molecule has 2 aliphatic heterocycles. The summed E-state index contributed by atoms with van der Waals surface area (Å²) in [6.07, 6.45) is 3.73. The summed E-state index contributed by atoms with van der Waals surface area (Å²) >= 11 is 6.44. The number of aryl methyl sites for hydroxylation is 1. The first kappa shape index (κ1) is 20.3. The number of H-pyrrole nitrogens is 1.